The molecule has 0 fully saturated rings. The molecule has 1 aliphatic carbocycles. The Morgan fingerprint density at radius 1 is 0.477 bits per heavy atom. The van der Waals surface area contributed by atoms with Gasteiger partial charge in [-0.25, -0.2) is 0 Å². The topological polar surface area (TPSA) is 16.4 Å². The number of para-hydroxylation sites is 3. The molecule has 1 heterocycles. The summed E-state index contributed by atoms with van der Waals surface area (Å²) in [5, 5.41) is 2.25. The van der Waals surface area contributed by atoms with E-state index in [-0.39, 0.29) is 10.8 Å². The van der Waals surface area contributed by atoms with Crippen LogP contribution in [0.25, 0.3) is 44.2 Å². The van der Waals surface area contributed by atoms with Gasteiger partial charge in [0.1, 0.15) is 5.58 Å². The molecule has 6 aromatic carbocycles. The monoisotopic (exact) mass is 569 g/mol. The molecule has 44 heavy (non-hydrogen) atoms. The fourth-order valence-electron chi connectivity index (χ4n) is 7.31. The van der Waals surface area contributed by atoms with Crippen LogP contribution in [0, 0.1) is 0 Å². The van der Waals surface area contributed by atoms with Crippen LogP contribution in [0.4, 0.5) is 17.1 Å². The zero-order chi connectivity index (χ0) is 30.1. The van der Waals surface area contributed by atoms with Gasteiger partial charge in [0.15, 0.2) is 5.58 Å². The second kappa shape index (κ2) is 9.72. The predicted octanol–water partition coefficient (Wildman–Crippen LogP) is 12.0. The van der Waals surface area contributed by atoms with Crippen LogP contribution in [0.2, 0.25) is 0 Å². The van der Waals surface area contributed by atoms with Gasteiger partial charge < -0.3 is 9.32 Å². The van der Waals surface area contributed by atoms with Crippen molar-refractivity contribution in [3.8, 4) is 22.3 Å². The largest absolute Gasteiger partial charge is 0.454 e. The van der Waals surface area contributed by atoms with Gasteiger partial charge in [-0.1, -0.05) is 131 Å². The smallest absolute Gasteiger partial charge is 0.159 e. The van der Waals surface area contributed by atoms with E-state index in [1.54, 1.807) is 0 Å². The first-order chi connectivity index (χ1) is 21.4. The number of fused-ring (bicyclic) bond motifs is 6. The second-order valence-corrected chi connectivity index (χ2v) is 13.0. The predicted molar refractivity (Wildman–Crippen MR) is 185 cm³/mol. The molecule has 1 aromatic heterocycles. The molecule has 0 atom stereocenters. The first-order valence-corrected chi connectivity index (χ1v) is 15.5. The van der Waals surface area contributed by atoms with Gasteiger partial charge in [-0.2, -0.15) is 0 Å². The van der Waals surface area contributed by atoms with Crippen molar-refractivity contribution in [1.82, 2.24) is 0 Å². The normalized spacial score (nSPS) is 14.7. The molecule has 0 saturated heterocycles. The average Bonchev–Trinajstić information content (AvgIpc) is 3.44. The maximum absolute atomic E-state index is 6.49. The van der Waals surface area contributed by atoms with Crippen LogP contribution in [0.15, 0.2) is 144 Å². The third kappa shape index (κ3) is 3.80. The molecule has 0 aliphatic heterocycles. The fourth-order valence-corrected chi connectivity index (χ4v) is 7.31. The highest BCUT2D eigenvalue weighted by Gasteiger charge is 2.46. The van der Waals surface area contributed by atoms with Gasteiger partial charge in [0.2, 0.25) is 0 Å². The van der Waals surface area contributed by atoms with Crippen LogP contribution in [0.1, 0.15) is 38.8 Å². The number of hydrogen-bond acceptors (Lipinski definition) is 2. The minimum absolute atomic E-state index is 0.0258. The van der Waals surface area contributed by atoms with Crippen molar-refractivity contribution in [1.29, 1.82) is 0 Å². The lowest BCUT2D eigenvalue weighted by Gasteiger charge is -2.49. The Morgan fingerprint density at radius 3 is 1.91 bits per heavy atom. The summed E-state index contributed by atoms with van der Waals surface area (Å²) < 4.78 is 6.49. The average molecular weight is 570 g/mol. The summed E-state index contributed by atoms with van der Waals surface area (Å²) in [5.74, 6) is 0. The summed E-state index contributed by atoms with van der Waals surface area (Å²) in [6.45, 7) is 9.60. The Kier molecular flexibility index (Phi) is 5.86. The highest BCUT2D eigenvalue weighted by molar-refractivity contribution is 6.10. The molecule has 2 heteroatoms. The number of nitrogens with zero attached hydrogens (tertiary/aromatic N) is 1. The van der Waals surface area contributed by atoms with Crippen LogP contribution in [0.5, 0.6) is 0 Å². The molecule has 1 aliphatic rings. The van der Waals surface area contributed by atoms with Crippen molar-refractivity contribution >= 4 is 39.0 Å². The number of hydrogen-bond donors (Lipinski definition) is 0. The Labute approximate surface area is 259 Å². The van der Waals surface area contributed by atoms with E-state index < -0.39 is 0 Å². The van der Waals surface area contributed by atoms with Crippen molar-refractivity contribution in [3.05, 3.63) is 151 Å². The van der Waals surface area contributed by atoms with E-state index in [0.717, 1.165) is 39.0 Å². The van der Waals surface area contributed by atoms with Crippen LogP contribution in [-0.4, -0.2) is 0 Å². The van der Waals surface area contributed by atoms with E-state index in [2.05, 4.69) is 160 Å². The van der Waals surface area contributed by atoms with Crippen molar-refractivity contribution in [2.75, 3.05) is 4.90 Å². The first kappa shape index (κ1) is 26.5. The van der Waals surface area contributed by atoms with Gasteiger partial charge >= 0.3 is 0 Å². The third-order valence-electron chi connectivity index (χ3n) is 10.2. The molecule has 0 radical (unpaired) electrons. The summed E-state index contributed by atoms with van der Waals surface area (Å²) in [4.78, 5) is 2.30. The molecular formula is C42H35NO. The van der Waals surface area contributed by atoms with Crippen LogP contribution in [-0.2, 0) is 10.8 Å². The van der Waals surface area contributed by atoms with Crippen molar-refractivity contribution < 1.29 is 4.42 Å². The molecule has 0 spiro atoms. The van der Waals surface area contributed by atoms with Crippen molar-refractivity contribution in [2.24, 2.45) is 0 Å². The molecule has 8 rings (SSSR count). The molecule has 7 aromatic rings. The van der Waals surface area contributed by atoms with Gasteiger partial charge in [0, 0.05) is 27.6 Å². The zero-order valence-electron chi connectivity index (χ0n) is 25.6. The number of benzene rings is 6. The maximum Gasteiger partial charge on any atom is 0.159 e. The third-order valence-corrected chi connectivity index (χ3v) is 10.2. The zero-order valence-corrected chi connectivity index (χ0v) is 25.6. The summed E-state index contributed by atoms with van der Waals surface area (Å²) in [6.07, 6.45) is 0. The summed E-state index contributed by atoms with van der Waals surface area (Å²) in [5.41, 5.74) is 12.9. The van der Waals surface area contributed by atoms with Gasteiger partial charge in [0.05, 0.1) is 5.69 Å². The van der Waals surface area contributed by atoms with E-state index in [1.807, 2.05) is 12.1 Å². The lowest BCUT2D eigenvalue weighted by Crippen LogP contribution is -2.43. The molecular weight excluding hydrogens is 534 g/mol. The Balaban J connectivity index is 1.29. The fraction of sp³-hybridized carbons (Fsp3) is 0.143. The van der Waals surface area contributed by atoms with Crippen LogP contribution >= 0.6 is 0 Å². The van der Waals surface area contributed by atoms with Gasteiger partial charge in [-0.05, 0) is 75.2 Å². The van der Waals surface area contributed by atoms with E-state index in [0.29, 0.717) is 0 Å². The summed E-state index contributed by atoms with van der Waals surface area (Å²) >= 11 is 0. The Bertz CT molecular complexity index is 2170. The Morgan fingerprint density at radius 2 is 1.09 bits per heavy atom. The SMILES string of the molecule is CC1(C)c2ccccc2-c2cccc(-c3ccc(N(c4ccccc4)c4cccc5c4oc4ccccc45)cc3)c2C1(C)C. The van der Waals surface area contributed by atoms with Gasteiger partial charge in [0.25, 0.3) is 0 Å². The minimum atomic E-state index is -0.0705. The maximum atomic E-state index is 6.49. The van der Waals surface area contributed by atoms with E-state index in [9.17, 15) is 0 Å². The Hall–Kier alpha value is -5.08. The lowest BCUT2D eigenvalue weighted by molar-refractivity contribution is 0.300. The molecule has 0 bridgehead atoms. The van der Waals surface area contributed by atoms with Gasteiger partial charge in [-0.15, -0.1) is 0 Å². The van der Waals surface area contributed by atoms with E-state index >= 15 is 0 Å². The van der Waals surface area contributed by atoms with Crippen LogP contribution < -0.4 is 4.90 Å². The molecule has 0 saturated carbocycles. The quantitative estimate of drug-likeness (QED) is 0.210. The summed E-state index contributed by atoms with van der Waals surface area (Å²) in [6, 6.07) is 50.1. The number of rotatable bonds is 4. The highest BCUT2D eigenvalue weighted by Crippen LogP contribution is 2.56. The molecule has 2 nitrogen and oxygen atoms in total. The minimum Gasteiger partial charge on any atom is -0.454 e. The van der Waals surface area contributed by atoms with Crippen molar-refractivity contribution in [2.45, 2.75) is 38.5 Å². The first-order valence-electron chi connectivity index (χ1n) is 15.5. The van der Waals surface area contributed by atoms with E-state index in [1.165, 1.54) is 33.4 Å². The molecule has 0 unspecified atom stereocenters. The van der Waals surface area contributed by atoms with E-state index in [4.69, 9.17) is 4.42 Å². The molecule has 214 valence electrons. The number of anilines is 3. The lowest BCUT2D eigenvalue weighted by atomic mass is 9.54. The van der Waals surface area contributed by atoms with Crippen LogP contribution in [0.3, 0.4) is 0 Å². The highest BCUT2D eigenvalue weighted by atomic mass is 16.3. The van der Waals surface area contributed by atoms with Gasteiger partial charge in [-0.3, -0.25) is 0 Å². The summed E-state index contributed by atoms with van der Waals surface area (Å²) in [7, 11) is 0. The second-order valence-electron chi connectivity index (χ2n) is 13.0. The standard InChI is InChI=1S/C42H35NO/c1-41(2)36-21-10-8-16-32(36)34-19-12-18-31(39(34)42(41,3)4)28-24-26-30(27-25-28)43(29-14-6-5-7-15-29)37-22-13-20-35-33-17-9-11-23-38(33)44-40(35)37/h5-27H,1-4H3. The molecule has 0 N–H and O–H groups in total. The molecule has 0 amide bonds. The van der Waals surface area contributed by atoms with Crippen molar-refractivity contribution in [3.63, 3.8) is 0 Å². The number of furan rings is 1.